The van der Waals surface area contributed by atoms with Gasteiger partial charge >= 0.3 is 12.0 Å². The Hall–Kier alpha value is -2.35. The molecule has 8 heteroatoms. The second-order valence-electron chi connectivity index (χ2n) is 5.75. The van der Waals surface area contributed by atoms with Gasteiger partial charge in [-0.3, -0.25) is 10.00 Å². The summed E-state index contributed by atoms with van der Waals surface area (Å²) in [4.78, 5) is 16.3. The van der Waals surface area contributed by atoms with Crippen LogP contribution in [0.15, 0.2) is 10.6 Å². The molecule has 1 saturated heterocycles. The van der Waals surface area contributed by atoms with E-state index in [0.29, 0.717) is 12.4 Å². The number of anilines is 1. The van der Waals surface area contributed by atoms with Crippen molar-refractivity contribution in [1.82, 2.24) is 20.1 Å². The van der Waals surface area contributed by atoms with Crippen molar-refractivity contribution in [3.63, 3.8) is 0 Å². The van der Waals surface area contributed by atoms with Gasteiger partial charge < -0.3 is 14.5 Å². The Labute approximate surface area is 134 Å². The van der Waals surface area contributed by atoms with Crippen molar-refractivity contribution in [2.75, 3.05) is 11.9 Å². The van der Waals surface area contributed by atoms with Gasteiger partial charge in [0.25, 0.3) is 0 Å². The molecule has 1 fully saturated rings. The predicted molar refractivity (Wildman–Crippen MR) is 83.2 cm³/mol. The maximum atomic E-state index is 12.2. The van der Waals surface area contributed by atoms with E-state index in [0.717, 1.165) is 23.4 Å². The quantitative estimate of drug-likeness (QED) is 0.902. The van der Waals surface area contributed by atoms with Gasteiger partial charge in [-0.25, -0.2) is 4.79 Å². The molecule has 3 rings (SSSR count). The highest BCUT2D eigenvalue weighted by Gasteiger charge is 2.33. The van der Waals surface area contributed by atoms with Gasteiger partial charge in [0.15, 0.2) is 0 Å². The number of nitrogens with one attached hydrogen (secondary N) is 2. The van der Waals surface area contributed by atoms with Gasteiger partial charge in [-0.1, -0.05) is 0 Å². The van der Waals surface area contributed by atoms with Crippen molar-refractivity contribution >= 4 is 12.0 Å². The zero-order chi connectivity index (χ0) is 16.6. The predicted octanol–water partition coefficient (Wildman–Crippen LogP) is 1.99. The molecule has 3 heterocycles. The number of aryl methyl sites for hydroxylation is 3. The molecule has 0 spiro atoms. The van der Waals surface area contributed by atoms with Gasteiger partial charge in [-0.05, 0) is 27.2 Å². The summed E-state index contributed by atoms with van der Waals surface area (Å²) in [6.07, 6.45) is 2.34. The number of rotatable bonds is 3. The number of hydrogen-bond donors (Lipinski definition) is 2. The van der Waals surface area contributed by atoms with Crippen molar-refractivity contribution in [2.24, 2.45) is 7.05 Å². The van der Waals surface area contributed by atoms with E-state index in [4.69, 9.17) is 9.15 Å². The highest BCUT2D eigenvalue weighted by Crippen LogP contribution is 2.31. The largest absolute Gasteiger partial charge is 0.428 e. The first-order valence-corrected chi connectivity index (χ1v) is 7.57. The van der Waals surface area contributed by atoms with Crippen LogP contribution in [-0.2, 0) is 11.8 Å². The third kappa shape index (κ3) is 3.07. The second kappa shape index (κ2) is 6.04. The Morgan fingerprint density at radius 1 is 1.39 bits per heavy atom. The van der Waals surface area contributed by atoms with Crippen molar-refractivity contribution in [3.05, 3.63) is 28.9 Å². The van der Waals surface area contributed by atoms with Crippen LogP contribution in [0.2, 0.25) is 0 Å². The van der Waals surface area contributed by atoms with E-state index in [1.807, 2.05) is 20.9 Å². The van der Waals surface area contributed by atoms with E-state index in [1.165, 1.54) is 0 Å². The molecule has 8 nitrogen and oxygen atoms in total. The molecule has 0 radical (unpaired) electrons. The van der Waals surface area contributed by atoms with Crippen LogP contribution < -0.4 is 10.6 Å². The van der Waals surface area contributed by atoms with Crippen LogP contribution in [0.1, 0.15) is 35.2 Å². The molecule has 124 valence electrons. The minimum absolute atomic E-state index is 0.116. The minimum atomic E-state index is -0.353. The number of amides is 2. The lowest BCUT2D eigenvalue weighted by atomic mass is 10.0. The molecular weight excluding hydrogens is 298 g/mol. The molecule has 0 saturated carbocycles. The summed E-state index contributed by atoms with van der Waals surface area (Å²) >= 11 is 0. The number of ether oxygens (including phenoxy) is 1. The third-order valence-corrected chi connectivity index (χ3v) is 4.24. The maximum Gasteiger partial charge on any atom is 0.323 e. The highest BCUT2D eigenvalue weighted by atomic mass is 16.5. The maximum absolute atomic E-state index is 12.2. The van der Waals surface area contributed by atoms with Crippen molar-refractivity contribution in [2.45, 2.75) is 39.3 Å². The van der Waals surface area contributed by atoms with Crippen LogP contribution in [0.25, 0.3) is 0 Å². The van der Waals surface area contributed by atoms with Crippen LogP contribution in [-0.4, -0.2) is 33.4 Å². The summed E-state index contributed by atoms with van der Waals surface area (Å²) in [7, 11) is 1.89. The Morgan fingerprint density at radius 2 is 2.17 bits per heavy atom. The van der Waals surface area contributed by atoms with Gasteiger partial charge in [0, 0.05) is 24.9 Å². The van der Waals surface area contributed by atoms with Gasteiger partial charge in [0.1, 0.15) is 11.9 Å². The smallest absolute Gasteiger partial charge is 0.323 e. The zero-order valence-electron chi connectivity index (χ0n) is 13.7. The fourth-order valence-electron chi connectivity index (χ4n) is 2.67. The molecule has 1 aliphatic heterocycles. The molecule has 0 bridgehead atoms. The van der Waals surface area contributed by atoms with E-state index < -0.39 is 0 Å². The van der Waals surface area contributed by atoms with E-state index >= 15 is 0 Å². The van der Waals surface area contributed by atoms with E-state index in [2.05, 4.69) is 20.7 Å². The summed E-state index contributed by atoms with van der Waals surface area (Å²) < 4.78 is 12.9. The van der Waals surface area contributed by atoms with E-state index in [1.54, 1.807) is 17.8 Å². The third-order valence-electron chi connectivity index (χ3n) is 4.24. The van der Waals surface area contributed by atoms with Crippen LogP contribution in [0.5, 0.6) is 0 Å². The first kappa shape index (κ1) is 15.5. The lowest BCUT2D eigenvalue weighted by molar-refractivity contribution is 0.0998. The summed E-state index contributed by atoms with van der Waals surface area (Å²) in [6, 6.07) is -0.270. The van der Waals surface area contributed by atoms with E-state index in [9.17, 15) is 4.79 Å². The number of hydrogen-bond acceptors (Lipinski definition) is 5. The number of nitrogens with zero attached hydrogens (tertiary/aromatic N) is 3. The highest BCUT2D eigenvalue weighted by molar-refractivity contribution is 5.87. The van der Waals surface area contributed by atoms with Crippen LogP contribution in [0, 0.1) is 20.8 Å². The number of carbonyl (C=O) groups excluding carboxylic acids is 1. The number of aromatic nitrogens is 3. The fourth-order valence-corrected chi connectivity index (χ4v) is 2.67. The van der Waals surface area contributed by atoms with Gasteiger partial charge in [0.05, 0.1) is 17.9 Å². The van der Waals surface area contributed by atoms with E-state index in [-0.39, 0.29) is 24.2 Å². The summed E-state index contributed by atoms with van der Waals surface area (Å²) in [5.41, 5.74) is 2.79. The summed E-state index contributed by atoms with van der Waals surface area (Å²) in [5, 5.41) is 9.79. The standard InChI is InChI=1S/C15H21N5O3/c1-8-10(3)23-15(17-8)19-14(21)18-12-5-6-22-13(12)11-7-16-20(4)9(11)2/h7,12-13H,5-6H2,1-4H3,(H2,17,18,19,21)/t12-,13+/m0/s1. The normalized spacial score (nSPS) is 20.7. The lowest BCUT2D eigenvalue weighted by Crippen LogP contribution is -2.39. The molecule has 0 unspecified atom stereocenters. The molecule has 23 heavy (non-hydrogen) atoms. The Bertz CT molecular complexity index is 701. The fraction of sp³-hybridized carbons (Fsp3) is 0.533. The minimum Gasteiger partial charge on any atom is -0.428 e. The molecule has 2 aromatic rings. The number of urea groups is 1. The van der Waals surface area contributed by atoms with Crippen molar-refractivity contribution in [1.29, 1.82) is 0 Å². The Balaban J connectivity index is 1.66. The molecule has 2 amide bonds. The Morgan fingerprint density at radius 3 is 2.78 bits per heavy atom. The molecule has 2 atom stereocenters. The van der Waals surface area contributed by atoms with Gasteiger partial charge in [0.2, 0.25) is 0 Å². The molecule has 2 aromatic heterocycles. The van der Waals surface area contributed by atoms with Crippen molar-refractivity contribution in [3.8, 4) is 0 Å². The van der Waals surface area contributed by atoms with Crippen molar-refractivity contribution < 1.29 is 13.9 Å². The molecule has 2 N–H and O–H groups in total. The summed E-state index contributed by atoms with van der Waals surface area (Å²) in [5.74, 6) is 0.688. The average Bonchev–Trinajstić information content (AvgIpc) is 3.14. The SMILES string of the molecule is Cc1nc(NC(=O)N[C@H]2CCO[C@@H]2c2cnn(C)c2C)oc1C. The molecule has 0 aromatic carbocycles. The molecular formula is C15H21N5O3. The first-order chi connectivity index (χ1) is 11.0. The topological polar surface area (TPSA) is 94.2 Å². The van der Waals surface area contributed by atoms with Crippen LogP contribution in [0.3, 0.4) is 0 Å². The monoisotopic (exact) mass is 319 g/mol. The molecule has 1 aliphatic rings. The van der Waals surface area contributed by atoms with Crippen LogP contribution in [0.4, 0.5) is 10.8 Å². The number of oxazole rings is 1. The average molecular weight is 319 g/mol. The second-order valence-corrected chi connectivity index (χ2v) is 5.75. The number of carbonyl (C=O) groups is 1. The van der Waals surface area contributed by atoms with Gasteiger partial charge in [-0.2, -0.15) is 10.1 Å². The molecule has 0 aliphatic carbocycles. The zero-order valence-corrected chi connectivity index (χ0v) is 13.7. The first-order valence-electron chi connectivity index (χ1n) is 7.57. The Kier molecular flexibility index (Phi) is 4.08. The van der Waals surface area contributed by atoms with Gasteiger partial charge in [-0.15, -0.1) is 0 Å². The van der Waals surface area contributed by atoms with Crippen LogP contribution >= 0.6 is 0 Å². The lowest BCUT2D eigenvalue weighted by Gasteiger charge is -2.19. The summed E-state index contributed by atoms with van der Waals surface area (Å²) in [6.45, 7) is 6.21.